The summed E-state index contributed by atoms with van der Waals surface area (Å²) in [6.07, 6.45) is 0.523. The molecular weight excluding hydrogens is 338 g/mol. The summed E-state index contributed by atoms with van der Waals surface area (Å²) in [5.74, 6) is 1.45. The summed E-state index contributed by atoms with van der Waals surface area (Å²) in [7, 11) is 3.24. The first-order chi connectivity index (χ1) is 12.4. The molecule has 0 unspecified atom stereocenters. The van der Waals surface area contributed by atoms with Crippen molar-refractivity contribution in [3.8, 4) is 17.1 Å². The number of hydrogen-bond acceptors (Lipinski definition) is 7. The molecule has 0 saturated carbocycles. The minimum atomic E-state index is -0.726. The Balaban J connectivity index is 1.91. The van der Waals surface area contributed by atoms with Crippen LogP contribution in [0.15, 0.2) is 28.8 Å². The highest BCUT2D eigenvalue weighted by Gasteiger charge is 2.26. The Hall–Kier alpha value is -2.45. The summed E-state index contributed by atoms with van der Waals surface area (Å²) >= 11 is 0. The van der Waals surface area contributed by atoms with Gasteiger partial charge in [-0.1, -0.05) is 12.1 Å². The van der Waals surface area contributed by atoms with Crippen LogP contribution in [0.1, 0.15) is 19.2 Å². The molecule has 0 aliphatic rings. The van der Waals surface area contributed by atoms with Gasteiger partial charge in [-0.25, -0.2) is 0 Å². The van der Waals surface area contributed by atoms with Crippen molar-refractivity contribution < 1.29 is 24.3 Å². The summed E-state index contributed by atoms with van der Waals surface area (Å²) in [5.41, 5.74) is 0.0714. The molecule has 0 bridgehead atoms. The molecule has 0 radical (unpaired) electrons. The second kappa shape index (κ2) is 8.77. The highest BCUT2D eigenvalue weighted by Crippen LogP contribution is 2.20. The zero-order valence-corrected chi connectivity index (χ0v) is 15.3. The number of hydrogen-bond donors (Lipinski definition) is 2. The van der Waals surface area contributed by atoms with Crippen molar-refractivity contribution in [3.63, 3.8) is 0 Å². The maximum Gasteiger partial charge on any atom is 0.227 e. The van der Waals surface area contributed by atoms with E-state index in [0.717, 1.165) is 11.3 Å². The number of aryl methyl sites for hydroxylation is 1. The molecule has 2 rings (SSSR count). The monoisotopic (exact) mass is 363 g/mol. The van der Waals surface area contributed by atoms with Crippen molar-refractivity contribution in [2.75, 3.05) is 33.9 Å². The van der Waals surface area contributed by atoms with Gasteiger partial charge in [0.1, 0.15) is 5.75 Å². The maximum absolute atomic E-state index is 12.2. The van der Waals surface area contributed by atoms with E-state index in [2.05, 4.69) is 10.1 Å². The molecule has 2 N–H and O–H groups in total. The van der Waals surface area contributed by atoms with Crippen molar-refractivity contribution in [1.29, 1.82) is 0 Å². The Kier molecular flexibility index (Phi) is 6.70. The van der Waals surface area contributed by atoms with Gasteiger partial charge < -0.3 is 24.4 Å². The molecule has 8 nitrogen and oxygen atoms in total. The number of amides is 1. The number of benzene rings is 1. The predicted molar refractivity (Wildman–Crippen MR) is 94.5 cm³/mol. The first-order valence-electron chi connectivity index (χ1n) is 8.33. The van der Waals surface area contributed by atoms with E-state index in [1.165, 1.54) is 4.90 Å². The van der Waals surface area contributed by atoms with E-state index in [9.17, 15) is 15.0 Å². The first-order valence-corrected chi connectivity index (χ1v) is 8.33. The smallest absolute Gasteiger partial charge is 0.227 e. The number of aliphatic hydroxyl groups is 2. The molecule has 2 aromatic rings. The lowest BCUT2D eigenvalue weighted by Crippen LogP contribution is -2.41. The third-order valence-corrected chi connectivity index (χ3v) is 4.18. The molecule has 0 saturated heterocycles. The largest absolute Gasteiger partial charge is 0.497 e. The van der Waals surface area contributed by atoms with Gasteiger partial charge in [-0.3, -0.25) is 4.79 Å². The van der Waals surface area contributed by atoms with Crippen LogP contribution in [0.2, 0.25) is 0 Å². The molecule has 1 heterocycles. The summed E-state index contributed by atoms with van der Waals surface area (Å²) in [4.78, 5) is 18.0. The molecule has 142 valence electrons. The van der Waals surface area contributed by atoms with Crippen molar-refractivity contribution in [1.82, 2.24) is 15.0 Å². The molecular formula is C18H25N3O5. The number of carbonyl (C=O) groups is 1. The van der Waals surface area contributed by atoms with Crippen LogP contribution >= 0.6 is 0 Å². The number of aromatic nitrogens is 2. The van der Waals surface area contributed by atoms with E-state index in [4.69, 9.17) is 9.26 Å². The van der Waals surface area contributed by atoms with Crippen LogP contribution in [0, 0.1) is 5.41 Å². The number of carbonyl (C=O) groups excluding carboxylic acids is 1. The molecule has 1 aromatic heterocycles. The number of nitrogens with zero attached hydrogens (tertiary/aromatic N) is 3. The minimum absolute atomic E-state index is 0.123. The average Bonchev–Trinajstić information content (AvgIpc) is 3.15. The number of aliphatic hydroxyl groups excluding tert-OH is 2. The van der Waals surface area contributed by atoms with Crippen LogP contribution in [-0.2, 0) is 11.2 Å². The molecule has 0 aliphatic carbocycles. The van der Waals surface area contributed by atoms with Gasteiger partial charge in [-0.05, 0) is 24.3 Å². The normalized spacial score (nSPS) is 11.4. The Labute approximate surface area is 152 Å². The lowest BCUT2D eigenvalue weighted by Gasteiger charge is -2.30. The summed E-state index contributed by atoms with van der Waals surface area (Å²) in [6, 6.07) is 7.28. The first kappa shape index (κ1) is 19.9. The van der Waals surface area contributed by atoms with Gasteiger partial charge in [0, 0.05) is 37.4 Å². The van der Waals surface area contributed by atoms with E-state index < -0.39 is 5.41 Å². The van der Waals surface area contributed by atoms with Crippen molar-refractivity contribution in [2.45, 2.75) is 19.8 Å². The summed E-state index contributed by atoms with van der Waals surface area (Å²) < 4.78 is 10.3. The molecule has 26 heavy (non-hydrogen) atoms. The van der Waals surface area contributed by atoms with Crippen molar-refractivity contribution >= 4 is 5.91 Å². The fourth-order valence-electron chi connectivity index (χ4n) is 2.43. The molecule has 1 aromatic carbocycles. The lowest BCUT2D eigenvalue weighted by molar-refractivity contribution is -0.132. The van der Waals surface area contributed by atoms with Gasteiger partial charge in [0.2, 0.25) is 17.6 Å². The summed E-state index contributed by atoms with van der Waals surface area (Å²) in [6.45, 7) is 1.59. The Morgan fingerprint density at radius 1 is 1.27 bits per heavy atom. The predicted octanol–water partition coefficient (Wildman–Crippen LogP) is 1.13. The van der Waals surface area contributed by atoms with Crippen molar-refractivity contribution in [3.05, 3.63) is 30.2 Å². The second-order valence-corrected chi connectivity index (χ2v) is 6.62. The van der Waals surface area contributed by atoms with Crippen LogP contribution in [0.3, 0.4) is 0 Å². The molecule has 0 spiro atoms. The fraction of sp³-hybridized carbons (Fsp3) is 0.500. The topological polar surface area (TPSA) is 109 Å². The van der Waals surface area contributed by atoms with Gasteiger partial charge >= 0.3 is 0 Å². The number of methoxy groups -OCH3 is 1. The van der Waals surface area contributed by atoms with Crippen LogP contribution in [-0.4, -0.2) is 65.1 Å². The van der Waals surface area contributed by atoms with Crippen LogP contribution < -0.4 is 4.74 Å². The van der Waals surface area contributed by atoms with Gasteiger partial charge in [-0.2, -0.15) is 4.98 Å². The SMILES string of the molecule is COc1ccc(-c2noc(CCC(=O)N(C)CC(C)(CO)CO)n2)cc1. The molecule has 1 amide bonds. The van der Waals surface area contributed by atoms with Gasteiger partial charge in [0.25, 0.3) is 0 Å². The highest BCUT2D eigenvalue weighted by molar-refractivity contribution is 5.76. The average molecular weight is 363 g/mol. The van der Waals surface area contributed by atoms with Crippen LogP contribution in [0.25, 0.3) is 11.4 Å². The third-order valence-electron chi connectivity index (χ3n) is 4.18. The van der Waals surface area contributed by atoms with E-state index >= 15 is 0 Å². The number of rotatable bonds is 9. The van der Waals surface area contributed by atoms with E-state index in [1.807, 2.05) is 24.3 Å². The second-order valence-electron chi connectivity index (χ2n) is 6.62. The zero-order valence-electron chi connectivity index (χ0n) is 15.3. The van der Waals surface area contributed by atoms with Gasteiger partial charge in [0.05, 0.1) is 20.3 Å². The molecule has 8 heteroatoms. The van der Waals surface area contributed by atoms with E-state index in [1.54, 1.807) is 21.1 Å². The van der Waals surface area contributed by atoms with Gasteiger partial charge in [0.15, 0.2) is 0 Å². The zero-order chi connectivity index (χ0) is 19.2. The quantitative estimate of drug-likeness (QED) is 0.687. The maximum atomic E-state index is 12.2. The van der Waals surface area contributed by atoms with E-state index in [0.29, 0.717) is 18.1 Å². The fourth-order valence-corrected chi connectivity index (χ4v) is 2.43. The van der Waals surface area contributed by atoms with Crippen LogP contribution in [0.4, 0.5) is 0 Å². The lowest BCUT2D eigenvalue weighted by atomic mass is 9.92. The van der Waals surface area contributed by atoms with Crippen molar-refractivity contribution in [2.24, 2.45) is 5.41 Å². The Bertz CT molecular complexity index is 710. The Morgan fingerprint density at radius 2 is 1.92 bits per heavy atom. The Morgan fingerprint density at radius 3 is 2.50 bits per heavy atom. The standard InChI is InChI=1S/C18H25N3O5/c1-18(11-22,12-23)10-21(2)16(24)9-8-15-19-17(20-26-15)13-4-6-14(25-3)7-5-13/h4-7,22-23H,8-12H2,1-3H3. The molecule has 0 fully saturated rings. The number of ether oxygens (including phenoxy) is 1. The summed E-state index contributed by atoms with van der Waals surface area (Å²) in [5, 5.41) is 22.6. The highest BCUT2D eigenvalue weighted by atomic mass is 16.5. The van der Waals surface area contributed by atoms with E-state index in [-0.39, 0.29) is 32.1 Å². The van der Waals surface area contributed by atoms with Crippen LogP contribution in [0.5, 0.6) is 5.75 Å². The molecule has 0 aliphatic heterocycles. The third kappa shape index (κ3) is 5.03. The van der Waals surface area contributed by atoms with Gasteiger partial charge in [-0.15, -0.1) is 0 Å². The minimum Gasteiger partial charge on any atom is -0.497 e. The molecule has 0 atom stereocenters.